The van der Waals surface area contributed by atoms with Crippen LogP contribution in [0.5, 0.6) is 0 Å². The van der Waals surface area contributed by atoms with Crippen LogP contribution in [-0.4, -0.2) is 35.2 Å². The maximum absolute atomic E-state index is 9.40. The summed E-state index contributed by atoms with van der Waals surface area (Å²) in [7, 11) is 2.16. The number of hydrogen-bond acceptors (Lipinski definition) is 2. The highest BCUT2D eigenvalue weighted by atomic mass is 16.3. The normalized spacial score (nSPS) is 38.5. The Morgan fingerprint density at radius 1 is 1.18 bits per heavy atom. The van der Waals surface area contributed by atoms with Gasteiger partial charge in [-0.3, -0.25) is 4.90 Å². The highest BCUT2D eigenvalue weighted by molar-refractivity contribution is 4.92. The summed E-state index contributed by atoms with van der Waals surface area (Å²) in [6, 6.07) is 1.27. The zero-order valence-electron chi connectivity index (χ0n) is 7.16. The first kappa shape index (κ1) is 7.56. The molecule has 2 heteroatoms. The Morgan fingerprint density at radius 3 is 2.18 bits per heavy atom. The largest absolute Gasteiger partial charge is 0.391 e. The summed E-state index contributed by atoms with van der Waals surface area (Å²) in [5.74, 6) is 0. The summed E-state index contributed by atoms with van der Waals surface area (Å²) in [6.45, 7) is 0. The molecule has 0 spiro atoms. The van der Waals surface area contributed by atoms with Crippen LogP contribution in [0.4, 0.5) is 0 Å². The average Bonchev–Trinajstić information content (AvgIpc) is 1.80. The molecule has 0 amide bonds. The van der Waals surface area contributed by atoms with Crippen LogP contribution >= 0.6 is 0 Å². The smallest absolute Gasteiger partial charge is 0.0696 e. The minimum Gasteiger partial charge on any atom is -0.391 e. The molecule has 0 bridgehead atoms. The molecule has 0 aromatic carbocycles. The summed E-state index contributed by atoms with van der Waals surface area (Å²) in [6.07, 6.45) is 6.27. The molecule has 0 heterocycles. The summed E-state index contributed by atoms with van der Waals surface area (Å²) >= 11 is 0. The van der Waals surface area contributed by atoms with Crippen molar-refractivity contribution in [2.75, 3.05) is 7.05 Å². The first-order valence-electron chi connectivity index (χ1n) is 4.69. The van der Waals surface area contributed by atoms with Crippen LogP contribution in [0.2, 0.25) is 0 Å². The Hall–Kier alpha value is -0.0800. The van der Waals surface area contributed by atoms with Gasteiger partial charge in [0.2, 0.25) is 0 Å². The molecular formula is C9H17NO. The van der Waals surface area contributed by atoms with Gasteiger partial charge in [0, 0.05) is 12.1 Å². The molecule has 2 nitrogen and oxygen atoms in total. The highest BCUT2D eigenvalue weighted by Gasteiger charge is 2.36. The molecule has 0 aliphatic heterocycles. The molecule has 2 unspecified atom stereocenters. The van der Waals surface area contributed by atoms with Crippen LogP contribution < -0.4 is 0 Å². The van der Waals surface area contributed by atoms with E-state index in [9.17, 15) is 5.11 Å². The number of hydrogen-bond donors (Lipinski definition) is 1. The van der Waals surface area contributed by atoms with Crippen LogP contribution in [0.15, 0.2) is 0 Å². The summed E-state index contributed by atoms with van der Waals surface area (Å²) in [5.41, 5.74) is 0. The van der Waals surface area contributed by atoms with Crippen molar-refractivity contribution in [3.63, 3.8) is 0 Å². The maximum Gasteiger partial charge on any atom is 0.0696 e. The Bertz CT molecular complexity index is 144. The number of aliphatic hydroxyl groups excluding tert-OH is 1. The van der Waals surface area contributed by atoms with E-state index in [1.165, 1.54) is 25.7 Å². The van der Waals surface area contributed by atoms with Crippen LogP contribution in [0.3, 0.4) is 0 Å². The lowest BCUT2D eigenvalue weighted by Crippen LogP contribution is -2.54. The van der Waals surface area contributed by atoms with Crippen molar-refractivity contribution in [2.24, 2.45) is 0 Å². The van der Waals surface area contributed by atoms with Gasteiger partial charge in [0.1, 0.15) is 0 Å². The van der Waals surface area contributed by atoms with Gasteiger partial charge in [0.05, 0.1) is 6.10 Å². The van der Waals surface area contributed by atoms with Gasteiger partial charge in [-0.2, -0.15) is 0 Å². The standard InChI is InChI=1S/C9H17NO/c1-10(7-3-2-4-7)8-5-6-9(8)11/h7-9,11H,2-6H2,1H3. The summed E-state index contributed by atoms with van der Waals surface area (Å²) in [5, 5.41) is 9.40. The van der Waals surface area contributed by atoms with Crippen molar-refractivity contribution in [2.45, 2.75) is 50.3 Å². The minimum atomic E-state index is -0.0272. The Morgan fingerprint density at radius 2 is 1.91 bits per heavy atom. The minimum absolute atomic E-state index is 0.0272. The molecule has 0 radical (unpaired) electrons. The monoisotopic (exact) mass is 155 g/mol. The predicted molar refractivity (Wildman–Crippen MR) is 44.4 cm³/mol. The second kappa shape index (κ2) is 2.76. The predicted octanol–water partition coefficient (Wildman–Crippen LogP) is 0.994. The van der Waals surface area contributed by atoms with E-state index < -0.39 is 0 Å². The van der Waals surface area contributed by atoms with Crippen molar-refractivity contribution in [3.05, 3.63) is 0 Å². The van der Waals surface area contributed by atoms with E-state index in [1.807, 2.05) is 0 Å². The highest BCUT2D eigenvalue weighted by Crippen LogP contribution is 2.32. The third-order valence-electron chi connectivity index (χ3n) is 3.38. The molecule has 0 aromatic heterocycles. The molecule has 2 aliphatic rings. The number of aliphatic hydroxyl groups is 1. The van der Waals surface area contributed by atoms with E-state index in [4.69, 9.17) is 0 Å². The van der Waals surface area contributed by atoms with Gasteiger partial charge in [-0.1, -0.05) is 6.42 Å². The average molecular weight is 155 g/mol. The van der Waals surface area contributed by atoms with Crippen LogP contribution in [-0.2, 0) is 0 Å². The fraction of sp³-hybridized carbons (Fsp3) is 1.00. The van der Waals surface area contributed by atoms with Gasteiger partial charge in [0.15, 0.2) is 0 Å². The quantitative estimate of drug-likeness (QED) is 0.643. The molecule has 0 saturated heterocycles. The SMILES string of the molecule is CN(C1CCC1)C1CCC1O. The van der Waals surface area contributed by atoms with E-state index in [0.29, 0.717) is 6.04 Å². The molecule has 2 saturated carbocycles. The lowest BCUT2D eigenvalue weighted by Gasteiger charge is -2.46. The molecule has 1 N–H and O–H groups in total. The van der Waals surface area contributed by atoms with Crippen molar-refractivity contribution in [3.8, 4) is 0 Å². The molecular weight excluding hydrogens is 138 g/mol. The van der Waals surface area contributed by atoms with Gasteiger partial charge >= 0.3 is 0 Å². The fourth-order valence-electron chi connectivity index (χ4n) is 2.00. The molecule has 11 heavy (non-hydrogen) atoms. The third kappa shape index (κ3) is 1.18. The van der Waals surface area contributed by atoms with Crippen molar-refractivity contribution < 1.29 is 5.11 Å². The van der Waals surface area contributed by atoms with E-state index >= 15 is 0 Å². The van der Waals surface area contributed by atoms with Gasteiger partial charge < -0.3 is 5.11 Å². The lowest BCUT2D eigenvalue weighted by atomic mass is 9.83. The van der Waals surface area contributed by atoms with E-state index in [0.717, 1.165) is 12.5 Å². The van der Waals surface area contributed by atoms with Gasteiger partial charge in [-0.25, -0.2) is 0 Å². The maximum atomic E-state index is 9.40. The van der Waals surface area contributed by atoms with E-state index in [1.54, 1.807) is 0 Å². The first-order valence-corrected chi connectivity index (χ1v) is 4.69. The molecule has 2 fully saturated rings. The number of nitrogens with zero attached hydrogens (tertiary/aromatic N) is 1. The number of likely N-dealkylation sites (N-methyl/N-ethyl adjacent to an activating group) is 1. The zero-order chi connectivity index (χ0) is 7.84. The van der Waals surface area contributed by atoms with Crippen LogP contribution in [0.25, 0.3) is 0 Å². The van der Waals surface area contributed by atoms with Gasteiger partial charge in [0.25, 0.3) is 0 Å². The third-order valence-corrected chi connectivity index (χ3v) is 3.38. The molecule has 64 valence electrons. The van der Waals surface area contributed by atoms with Gasteiger partial charge in [-0.15, -0.1) is 0 Å². The molecule has 2 aliphatic carbocycles. The first-order chi connectivity index (χ1) is 5.29. The summed E-state index contributed by atoms with van der Waals surface area (Å²) < 4.78 is 0. The Kier molecular flexibility index (Phi) is 1.90. The van der Waals surface area contributed by atoms with Crippen molar-refractivity contribution >= 4 is 0 Å². The Balaban J connectivity index is 1.83. The zero-order valence-corrected chi connectivity index (χ0v) is 7.16. The second-order valence-electron chi connectivity index (χ2n) is 3.96. The molecule has 0 aromatic rings. The van der Waals surface area contributed by atoms with Crippen molar-refractivity contribution in [1.82, 2.24) is 4.90 Å². The van der Waals surface area contributed by atoms with E-state index in [2.05, 4.69) is 11.9 Å². The number of rotatable bonds is 2. The fourth-order valence-corrected chi connectivity index (χ4v) is 2.00. The molecule has 2 atom stereocenters. The van der Waals surface area contributed by atoms with Crippen LogP contribution in [0.1, 0.15) is 32.1 Å². The van der Waals surface area contributed by atoms with E-state index in [-0.39, 0.29) is 6.10 Å². The lowest BCUT2D eigenvalue weighted by molar-refractivity contribution is -0.0409. The van der Waals surface area contributed by atoms with Crippen LogP contribution in [0, 0.1) is 0 Å². The second-order valence-corrected chi connectivity index (χ2v) is 3.96. The molecule has 2 rings (SSSR count). The summed E-state index contributed by atoms with van der Waals surface area (Å²) in [4.78, 5) is 2.39. The Labute approximate surface area is 68.2 Å². The topological polar surface area (TPSA) is 23.5 Å². The van der Waals surface area contributed by atoms with Gasteiger partial charge in [-0.05, 0) is 32.7 Å². The van der Waals surface area contributed by atoms with Crippen molar-refractivity contribution in [1.29, 1.82) is 0 Å².